The summed E-state index contributed by atoms with van der Waals surface area (Å²) in [6.45, 7) is 3.34. The average Bonchev–Trinajstić information content (AvgIpc) is 2.43. The van der Waals surface area contributed by atoms with E-state index in [1.165, 1.54) is 19.1 Å². The van der Waals surface area contributed by atoms with E-state index in [0.717, 1.165) is 5.56 Å². The molecule has 0 spiro atoms. The number of rotatable bonds is 4. The molecule has 2 aromatic rings. The molecular weight excluding hydrogens is 257 g/mol. The molecule has 0 saturated heterocycles. The van der Waals surface area contributed by atoms with Crippen LogP contribution in [0, 0.1) is 5.82 Å². The van der Waals surface area contributed by atoms with E-state index in [2.05, 4.69) is 15.6 Å². The van der Waals surface area contributed by atoms with Crippen LogP contribution in [0.3, 0.4) is 0 Å². The number of anilines is 2. The number of carbonyl (C=O) groups is 1. The van der Waals surface area contributed by atoms with Gasteiger partial charge in [-0.25, -0.2) is 4.39 Å². The summed E-state index contributed by atoms with van der Waals surface area (Å²) in [5, 5.41) is 5.72. The Labute approximate surface area is 117 Å². The first kappa shape index (κ1) is 14.0. The zero-order valence-corrected chi connectivity index (χ0v) is 11.4. The topological polar surface area (TPSA) is 54.0 Å². The first-order valence-electron chi connectivity index (χ1n) is 6.30. The molecule has 0 radical (unpaired) electrons. The van der Waals surface area contributed by atoms with Crippen molar-refractivity contribution in [2.75, 3.05) is 10.6 Å². The van der Waals surface area contributed by atoms with Gasteiger partial charge in [-0.3, -0.25) is 9.78 Å². The third-order valence-corrected chi connectivity index (χ3v) is 2.86. The molecule has 2 N–H and O–H groups in total. The number of carbonyl (C=O) groups excluding carboxylic acids is 1. The normalized spacial score (nSPS) is 11.8. The maximum Gasteiger partial charge on any atom is 0.221 e. The van der Waals surface area contributed by atoms with Crippen molar-refractivity contribution < 1.29 is 9.18 Å². The fourth-order valence-electron chi connectivity index (χ4n) is 1.89. The van der Waals surface area contributed by atoms with Gasteiger partial charge in [0, 0.05) is 31.0 Å². The van der Waals surface area contributed by atoms with E-state index in [9.17, 15) is 9.18 Å². The summed E-state index contributed by atoms with van der Waals surface area (Å²) in [4.78, 5) is 15.0. The predicted molar refractivity (Wildman–Crippen MR) is 77.0 cm³/mol. The van der Waals surface area contributed by atoms with Gasteiger partial charge in [0.2, 0.25) is 5.91 Å². The minimum Gasteiger partial charge on any atom is -0.376 e. The van der Waals surface area contributed by atoms with Crippen LogP contribution in [-0.2, 0) is 4.79 Å². The molecule has 1 heterocycles. The number of benzene rings is 1. The molecule has 5 heteroatoms. The Balaban J connectivity index is 2.18. The molecule has 0 aliphatic carbocycles. The van der Waals surface area contributed by atoms with Gasteiger partial charge in [0.15, 0.2) is 0 Å². The van der Waals surface area contributed by atoms with E-state index in [-0.39, 0.29) is 17.8 Å². The van der Waals surface area contributed by atoms with Gasteiger partial charge < -0.3 is 10.6 Å². The summed E-state index contributed by atoms with van der Waals surface area (Å²) in [5.41, 5.74) is 1.91. The third-order valence-electron chi connectivity index (χ3n) is 2.86. The Bertz CT molecular complexity index is 601. The molecule has 0 saturated carbocycles. The Hall–Kier alpha value is -2.43. The first-order chi connectivity index (χ1) is 9.56. The van der Waals surface area contributed by atoms with Crippen LogP contribution in [0.25, 0.3) is 0 Å². The lowest BCUT2D eigenvalue weighted by atomic mass is 10.1. The second-order valence-electron chi connectivity index (χ2n) is 4.52. The highest BCUT2D eigenvalue weighted by atomic mass is 19.1. The number of aromatic nitrogens is 1. The van der Waals surface area contributed by atoms with E-state index in [1.54, 1.807) is 18.5 Å². The molecular formula is C15H16FN3O. The monoisotopic (exact) mass is 273 g/mol. The van der Waals surface area contributed by atoms with Crippen molar-refractivity contribution in [3.63, 3.8) is 0 Å². The molecule has 20 heavy (non-hydrogen) atoms. The van der Waals surface area contributed by atoms with E-state index < -0.39 is 0 Å². The molecule has 4 nitrogen and oxygen atoms in total. The van der Waals surface area contributed by atoms with E-state index >= 15 is 0 Å². The zero-order chi connectivity index (χ0) is 14.5. The summed E-state index contributed by atoms with van der Waals surface area (Å²) >= 11 is 0. The molecule has 1 amide bonds. The second kappa shape index (κ2) is 6.14. The highest BCUT2D eigenvalue weighted by Crippen LogP contribution is 2.24. The van der Waals surface area contributed by atoms with Crippen molar-refractivity contribution in [1.82, 2.24) is 4.98 Å². The van der Waals surface area contributed by atoms with Gasteiger partial charge >= 0.3 is 0 Å². The molecule has 1 atom stereocenters. The van der Waals surface area contributed by atoms with Gasteiger partial charge in [-0.15, -0.1) is 0 Å². The first-order valence-corrected chi connectivity index (χ1v) is 6.30. The second-order valence-corrected chi connectivity index (χ2v) is 4.52. The standard InChI is InChI=1S/C15H16FN3O/c1-10(12-5-7-17-8-6-12)18-15-9-13(19-11(2)20)3-4-14(15)16/h3-10,18H,1-2H3,(H,19,20). The van der Waals surface area contributed by atoms with Crippen LogP contribution in [0.2, 0.25) is 0 Å². The van der Waals surface area contributed by atoms with Crippen molar-refractivity contribution in [3.8, 4) is 0 Å². The quantitative estimate of drug-likeness (QED) is 0.898. The van der Waals surface area contributed by atoms with Crippen LogP contribution >= 0.6 is 0 Å². The maximum atomic E-state index is 13.8. The minimum absolute atomic E-state index is 0.0694. The lowest BCUT2D eigenvalue weighted by Gasteiger charge is -2.17. The van der Waals surface area contributed by atoms with Crippen molar-refractivity contribution in [1.29, 1.82) is 0 Å². The Morgan fingerprint density at radius 2 is 1.95 bits per heavy atom. The summed E-state index contributed by atoms with van der Waals surface area (Å²) in [6.07, 6.45) is 3.38. The Morgan fingerprint density at radius 3 is 2.60 bits per heavy atom. The Kier molecular flexibility index (Phi) is 4.30. The molecule has 1 unspecified atom stereocenters. The number of pyridine rings is 1. The number of nitrogens with zero attached hydrogens (tertiary/aromatic N) is 1. The predicted octanol–water partition coefficient (Wildman–Crippen LogP) is 3.35. The van der Waals surface area contributed by atoms with Crippen LogP contribution in [0.4, 0.5) is 15.8 Å². The fraction of sp³-hybridized carbons (Fsp3) is 0.200. The summed E-state index contributed by atoms with van der Waals surface area (Å²) in [5.74, 6) is -0.551. The number of hydrogen-bond donors (Lipinski definition) is 2. The van der Waals surface area contributed by atoms with Crippen molar-refractivity contribution in [3.05, 3.63) is 54.1 Å². The van der Waals surface area contributed by atoms with Crippen molar-refractivity contribution in [2.45, 2.75) is 19.9 Å². The van der Waals surface area contributed by atoms with Crippen LogP contribution in [0.5, 0.6) is 0 Å². The summed E-state index contributed by atoms with van der Waals surface area (Å²) < 4.78 is 13.8. The molecule has 0 fully saturated rings. The number of halogens is 1. The molecule has 1 aromatic heterocycles. The van der Waals surface area contributed by atoms with Gasteiger partial charge in [0.05, 0.1) is 5.69 Å². The van der Waals surface area contributed by atoms with E-state index in [1.807, 2.05) is 19.1 Å². The molecule has 2 rings (SSSR count). The zero-order valence-electron chi connectivity index (χ0n) is 11.4. The average molecular weight is 273 g/mol. The number of nitrogens with one attached hydrogen (secondary N) is 2. The summed E-state index contributed by atoms with van der Waals surface area (Å²) in [7, 11) is 0. The minimum atomic E-state index is -0.361. The SMILES string of the molecule is CC(=O)Nc1ccc(F)c(NC(C)c2ccncc2)c1. The van der Waals surface area contributed by atoms with E-state index in [4.69, 9.17) is 0 Å². The lowest BCUT2D eigenvalue weighted by Crippen LogP contribution is -2.10. The fourth-order valence-corrected chi connectivity index (χ4v) is 1.89. The molecule has 0 aliphatic heterocycles. The van der Waals surface area contributed by atoms with Crippen LogP contribution < -0.4 is 10.6 Å². The van der Waals surface area contributed by atoms with Crippen LogP contribution in [0.15, 0.2) is 42.7 Å². The third kappa shape index (κ3) is 3.54. The smallest absolute Gasteiger partial charge is 0.221 e. The molecule has 0 aliphatic rings. The molecule has 1 aromatic carbocycles. The lowest BCUT2D eigenvalue weighted by molar-refractivity contribution is -0.114. The van der Waals surface area contributed by atoms with Crippen molar-refractivity contribution in [2.24, 2.45) is 0 Å². The number of hydrogen-bond acceptors (Lipinski definition) is 3. The van der Waals surface area contributed by atoms with Crippen LogP contribution in [0.1, 0.15) is 25.5 Å². The molecule has 0 bridgehead atoms. The van der Waals surface area contributed by atoms with Gasteiger partial charge in [-0.2, -0.15) is 0 Å². The summed E-state index contributed by atoms with van der Waals surface area (Å²) in [6, 6.07) is 8.10. The van der Waals surface area contributed by atoms with Gasteiger partial charge in [0.1, 0.15) is 5.82 Å². The van der Waals surface area contributed by atoms with E-state index in [0.29, 0.717) is 11.4 Å². The van der Waals surface area contributed by atoms with Gasteiger partial charge in [-0.1, -0.05) is 0 Å². The van der Waals surface area contributed by atoms with Gasteiger partial charge in [0.25, 0.3) is 0 Å². The van der Waals surface area contributed by atoms with Crippen LogP contribution in [-0.4, -0.2) is 10.9 Å². The van der Waals surface area contributed by atoms with Crippen molar-refractivity contribution >= 4 is 17.3 Å². The highest BCUT2D eigenvalue weighted by molar-refractivity contribution is 5.89. The maximum absolute atomic E-state index is 13.8. The molecule has 104 valence electrons. The van der Waals surface area contributed by atoms with Gasteiger partial charge in [-0.05, 0) is 42.8 Å². The number of amides is 1. The highest BCUT2D eigenvalue weighted by Gasteiger charge is 2.09. The Morgan fingerprint density at radius 1 is 1.25 bits per heavy atom. The largest absolute Gasteiger partial charge is 0.376 e.